The minimum Gasteiger partial charge on any atom is -0.371 e. The number of hydrogen-bond donors (Lipinski definition) is 0. The highest BCUT2D eigenvalue weighted by molar-refractivity contribution is 8.13. The van der Waals surface area contributed by atoms with E-state index in [4.69, 9.17) is 28.4 Å². The maximum absolute atomic E-state index is 9.85. The van der Waals surface area contributed by atoms with Crippen LogP contribution in [0.5, 0.6) is 0 Å². The van der Waals surface area contributed by atoms with Gasteiger partial charge in [0.25, 0.3) is 0 Å². The van der Waals surface area contributed by atoms with Crippen molar-refractivity contribution in [2.45, 2.75) is 55.3 Å². The molecule has 15 heteroatoms. The van der Waals surface area contributed by atoms with Crippen molar-refractivity contribution < 1.29 is 28.4 Å². The zero-order valence-electron chi connectivity index (χ0n) is 33.8. The van der Waals surface area contributed by atoms with Crippen molar-refractivity contribution in [1.82, 2.24) is 0 Å². The molecule has 0 saturated carbocycles. The first-order valence-corrected chi connectivity index (χ1v) is 24.6. The van der Waals surface area contributed by atoms with Gasteiger partial charge in [-0.2, -0.15) is 21.0 Å². The van der Waals surface area contributed by atoms with Gasteiger partial charge in [-0.1, -0.05) is 120 Å². The second kappa shape index (κ2) is 17.6. The number of ether oxygens (including phenoxy) is 6. The summed E-state index contributed by atoms with van der Waals surface area (Å²) in [5.74, 6) is 14.0. The first-order valence-electron chi connectivity index (χ1n) is 20.2. The number of hydrogen-bond acceptors (Lipinski definition) is 15. The molecule has 0 spiro atoms. The van der Waals surface area contributed by atoms with Gasteiger partial charge < -0.3 is 28.4 Å². The van der Waals surface area contributed by atoms with Gasteiger partial charge in [0.15, 0.2) is 9.87 Å². The normalized spacial score (nSPS) is 35.6. The Kier molecular flexibility index (Phi) is 11.9. The topological polar surface area (TPSA) is 151 Å². The summed E-state index contributed by atoms with van der Waals surface area (Å²) in [6.07, 6.45) is 2.66. The van der Waals surface area contributed by atoms with Crippen molar-refractivity contribution in [2.75, 3.05) is 40.6 Å². The van der Waals surface area contributed by atoms with Crippen LogP contribution in [0.3, 0.4) is 0 Å². The molecule has 10 rings (SSSR count). The summed E-state index contributed by atoms with van der Waals surface area (Å²) in [5.41, 5.74) is 4.43. The molecule has 314 valence electrons. The van der Waals surface area contributed by atoms with Gasteiger partial charge in [-0.25, -0.2) is 0 Å². The molecule has 0 bridgehead atoms. The molecule has 12 atom stereocenters. The van der Waals surface area contributed by atoms with E-state index in [1.165, 1.54) is 23.5 Å². The Labute approximate surface area is 387 Å². The minimum absolute atomic E-state index is 0.0174. The van der Waals surface area contributed by atoms with Crippen LogP contribution in [0.1, 0.15) is 11.1 Å². The molecule has 0 radical (unpaired) electrons. The first kappa shape index (κ1) is 42.7. The molecule has 4 fully saturated rings. The van der Waals surface area contributed by atoms with Gasteiger partial charge in [0.2, 0.25) is 0 Å². The fourth-order valence-corrected chi connectivity index (χ4v) is 17.0. The van der Waals surface area contributed by atoms with E-state index >= 15 is 0 Å². The first-order chi connectivity index (χ1) is 30.9. The van der Waals surface area contributed by atoms with Crippen molar-refractivity contribution in [1.29, 1.82) is 21.0 Å². The summed E-state index contributed by atoms with van der Waals surface area (Å²) >= 11 is 7.82. The van der Waals surface area contributed by atoms with Gasteiger partial charge in [-0.15, -0.1) is 35.3 Å². The largest absolute Gasteiger partial charge is 0.371 e. The highest BCUT2D eigenvalue weighted by Gasteiger charge is 2.72. The SMILES string of the molecule is COC12SC(c3ccccc3)=CC1C1=C(C(C#CC3SC(=C(C#N)C#N)C4OCCOC34)SC1C#CC1SC(=C(C#N)C#N)C3OCCOC13)C1C=C(c3ccccc3)SC12OC. The summed E-state index contributed by atoms with van der Waals surface area (Å²) in [4.78, 5) is 1.42. The molecule has 7 heterocycles. The van der Waals surface area contributed by atoms with Crippen molar-refractivity contribution >= 4 is 68.6 Å². The lowest BCUT2D eigenvalue weighted by atomic mass is 9.69. The highest BCUT2D eigenvalue weighted by atomic mass is 32.2. The van der Waals surface area contributed by atoms with Crippen LogP contribution < -0.4 is 0 Å². The van der Waals surface area contributed by atoms with E-state index < -0.39 is 34.3 Å². The monoisotopic (exact) mass is 924 g/mol. The van der Waals surface area contributed by atoms with E-state index in [2.05, 4.69) is 60.1 Å². The molecule has 4 saturated heterocycles. The number of benzene rings is 2. The van der Waals surface area contributed by atoms with Crippen molar-refractivity contribution in [3.8, 4) is 48.0 Å². The summed E-state index contributed by atoms with van der Waals surface area (Å²) in [6, 6.07) is 28.9. The summed E-state index contributed by atoms with van der Waals surface area (Å²) in [6.45, 7) is 1.51. The van der Waals surface area contributed by atoms with Crippen molar-refractivity contribution in [3.05, 3.63) is 116 Å². The second-order valence-corrected chi connectivity index (χ2v) is 21.4. The number of nitrogens with zero attached hydrogens (tertiary/aromatic N) is 4. The van der Waals surface area contributed by atoms with Crippen molar-refractivity contribution in [2.24, 2.45) is 11.8 Å². The maximum atomic E-state index is 9.85. The summed E-state index contributed by atoms with van der Waals surface area (Å²) in [7, 11) is 3.55. The number of nitriles is 4. The Hall–Kier alpha value is -4.27. The molecule has 0 aromatic heterocycles. The fraction of sp³-hybridized carbons (Fsp3) is 0.375. The number of thioether (sulfide) groups is 5. The third kappa shape index (κ3) is 6.94. The quantitative estimate of drug-likeness (QED) is 0.167. The van der Waals surface area contributed by atoms with Gasteiger partial charge >= 0.3 is 0 Å². The second-order valence-electron chi connectivity index (χ2n) is 15.3. The molecular weight excluding hydrogens is 889 g/mol. The third-order valence-corrected chi connectivity index (χ3v) is 19.6. The van der Waals surface area contributed by atoms with E-state index in [9.17, 15) is 21.0 Å². The zero-order chi connectivity index (χ0) is 43.3. The van der Waals surface area contributed by atoms with E-state index in [-0.39, 0.29) is 44.0 Å². The van der Waals surface area contributed by atoms with Crippen LogP contribution in [-0.2, 0) is 28.4 Å². The third-order valence-electron chi connectivity index (χ3n) is 12.3. The molecule has 0 amide bonds. The fourth-order valence-electron chi connectivity index (χ4n) is 9.62. The van der Waals surface area contributed by atoms with Crippen LogP contribution in [0.15, 0.2) is 105 Å². The zero-order valence-corrected chi connectivity index (χ0v) is 37.9. The molecule has 2 aromatic rings. The average molecular weight is 925 g/mol. The number of methoxy groups -OCH3 is 2. The van der Waals surface area contributed by atoms with E-state index in [1.807, 2.05) is 60.7 Å². The van der Waals surface area contributed by atoms with Crippen LogP contribution in [0, 0.1) is 80.8 Å². The van der Waals surface area contributed by atoms with Gasteiger partial charge in [0, 0.05) is 45.7 Å². The highest BCUT2D eigenvalue weighted by Crippen LogP contribution is 2.74. The van der Waals surface area contributed by atoms with Crippen LogP contribution in [0.2, 0.25) is 0 Å². The molecule has 1 aliphatic carbocycles. The van der Waals surface area contributed by atoms with Crippen LogP contribution in [0.4, 0.5) is 0 Å². The molecule has 63 heavy (non-hydrogen) atoms. The molecule has 12 unspecified atom stereocenters. The molecule has 10 nitrogen and oxygen atoms in total. The molecule has 7 aliphatic heterocycles. The van der Waals surface area contributed by atoms with Gasteiger partial charge in [0.1, 0.15) is 59.8 Å². The van der Waals surface area contributed by atoms with Gasteiger partial charge in [0.05, 0.1) is 47.4 Å². The summed E-state index contributed by atoms with van der Waals surface area (Å²) < 4.78 is 38.5. The Bertz CT molecular complexity index is 2490. The summed E-state index contributed by atoms with van der Waals surface area (Å²) in [5, 5.41) is 37.9. The Morgan fingerprint density at radius 2 is 0.968 bits per heavy atom. The predicted molar refractivity (Wildman–Crippen MR) is 246 cm³/mol. The lowest BCUT2D eigenvalue weighted by molar-refractivity contribution is -0.113. The standard InChI is InChI=1S/C48H36N4O6S5/c1-53-47-31(21-37(62-47)27-9-5-3-6-10-27)39-33(13-15-35-41-43(57-19-17-55-41)45(60-35)29(23-49)24-50)59-34(14-16-36-42-44(58-20-18-56-42)46(61-36)30(25-51)26-52)40(39)32-22-38(63-48(32,47)54-2)28-11-7-4-8-12-28/h3-12,21-22,31-36,41-44H,17-20H2,1-2H3. The molecule has 2 aromatic carbocycles. The van der Waals surface area contributed by atoms with Crippen LogP contribution >= 0.6 is 58.8 Å². The number of rotatable bonds is 4. The maximum Gasteiger partial charge on any atom is 0.167 e. The molecular formula is C48H36N4O6S5. The lowest BCUT2D eigenvalue weighted by Gasteiger charge is -2.53. The Balaban J connectivity index is 1.15. The van der Waals surface area contributed by atoms with Crippen LogP contribution in [0.25, 0.3) is 9.81 Å². The number of fused-ring (bicyclic) bond motifs is 7. The van der Waals surface area contributed by atoms with Crippen LogP contribution in [-0.4, -0.2) is 95.9 Å². The Morgan fingerprint density at radius 3 is 1.35 bits per heavy atom. The smallest absolute Gasteiger partial charge is 0.167 e. The molecule has 8 aliphatic rings. The number of allylic oxidation sites excluding steroid dienone is 2. The van der Waals surface area contributed by atoms with Gasteiger partial charge in [-0.05, 0) is 22.3 Å². The van der Waals surface area contributed by atoms with E-state index in [1.54, 1.807) is 49.5 Å². The predicted octanol–water partition coefficient (Wildman–Crippen LogP) is 7.68. The van der Waals surface area contributed by atoms with E-state index in [0.29, 0.717) is 36.2 Å². The average Bonchev–Trinajstić information content (AvgIpc) is 4.17. The Morgan fingerprint density at radius 1 is 0.571 bits per heavy atom. The minimum atomic E-state index is -0.929. The van der Waals surface area contributed by atoms with E-state index in [0.717, 1.165) is 32.1 Å². The van der Waals surface area contributed by atoms with Crippen molar-refractivity contribution in [3.63, 3.8) is 0 Å². The van der Waals surface area contributed by atoms with Gasteiger partial charge in [-0.3, -0.25) is 0 Å². The lowest BCUT2D eigenvalue weighted by Crippen LogP contribution is -2.61. The molecule has 0 N–H and O–H groups in total.